The lowest BCUT2D eigenvalue weighted by atomic mass is 10.2. The lowest BCUT2D eigenvalue weighted by molar-refractivity contribution is 0.111. The van der Waals surface area contributed by atoms with Gasteiger partial charge in [-0.1, -0.05) is 15.9 Å². The highest BCUT2D eigenvalue weighted by Gasteiger charge is 2.02. The molecule has 0 N–H and O–H groups in total. The molecule has 0 saturated heterocycles. The van der Waals surface area contributed by atoms with Gasteiger partial charge < -0.3 is 4.74 Å². The van der Waals surface area contributed by atoms with Crippen molar-refractivity contribution in [2.24, 2.45) is 0 Å². The molecule has 0 aliphatic heterocycles. The number of hydrogen-bond acceptors (Lipinski definition) is 2. The summed E-state index contributed by atoms with van der Waals surface area (Å²) < 4.78 is 6.22. The number of ether oxygens (including phenoxy) is 1. The van der Waals surface area contributed by atoms with Crippen LogP contribution in [0.1, 0.15) is 16.8 Å². The minimum atomic E-state index is 0.424. The van der Waals surface area contributed by atoms with Gasteiger partial charge in [0, 0.05) is 10.9 Å². The summed E-state index contributed by atoms with van der Waals surface area (Å²) in [6, 6.07) is 5.24. The molecule has 0 aliphatic rings. The van der Waals surface area contributed by atoms with Gasteiger partial charge in [0.05, 0.1) is 12.2 Å². The van der Waals surface area contributed by atoms with Crippen LogP contribution in [0.15, 0.2) is 22.7 Å². The van der Waals surface area contributed by atoms with Gasteiger partial charge in [0.1, 0.15) is 5.75 Å². The topological polar surface area (TPSA) is 26.3 Å². The third kappa shape index (κ3) is 2.90. The summed E-state index contributed by atoms with van der Waals surface area (Å²) in [6.07, 6.45) is 6.38. The van der Waals surface area contributed by atoms with Crippen molar-refractivity contribution < 1.29 is 9.53 Å². The Kier molecular flexibility index (Phi) is 4.21. The van der Waals surface area contributed by atoms with E-state index in [4.69, 9.17) is 11.2 Å². The molecule has 0 atom stereocenters. The summed E-state index contributed by atoms with van der Waals surface area (Å²) in [5.41, 5.74) is 0.533. The fraction of sp³-hybridized carbons (Fsp3) is 0.182. The SMILES string of the molecule is C#CCCOc1cc(Br)ccc1C=O. The molecular weight excluding hydrogens is 244 g/mol. The summed E-state index contributed by atoms with van der Waals surface area (Å²) in [7, 11) is 0. The first-order chi connectivity index (χ1) is 6.77. The van der Waals surface area contributed by atoms with Gasteiger partial charge >= 0.3 is 0 Å². The highest BCUT2D eigenvalue weighted by atomic mass is 79.9. The lowest BCUT2D eigenvalue weighted by Gasteiger charge is -2.06. The van der Waals surface area contributed by atoms with Crippen molar-refractivity contribution in [1.29, 1.82) is 0 Å². The Hall–Kier alpha value is -1.27. The van der Waals surface area contributed by atoms with Crippen molar-refractivity contribution in [3.8, 4) is 18.1 Å². The van der Waals surface area contributed by atoms with E-state index in [2.05, 4.69) is 21.9 Å². The van der Waals surface area contributed by atoms with Crippen molar-refractivity contribution in [1.82, 2.24) is 0 Å². The van der Waals surface area contributed by atoms with Gasteiger partial charge in [0.2, 0.25) is 0 Å². The van der Waals surface area contributed by atoms with E-state index in [0.717, 1.165) is 10.8 Å². The van der Waals surface area contributed by atoms with Crippen molar-refractivity contribution >= 4 is 22.2 Å². The van der Waals surface area contributed by atoms with Crippen molar-refractivity contribution in [3.05, 3.63) is 28.2 Å². The Labute approximate surface area is 91.4 Å². The molecule has 3 heteroatoms. The van der Waals surface area contributed by atoms with Gasteiger partial charge in [-0.05, 0) is 18.2 Å². The number of benzene rings is 1. The molecule has 2 nitrogen and oxygen atoms in total. The predicted molar refractivity (Wildman–Crippen MR) is 58.5 cm³/mol. The van der Waals surface area contributed by atoms with E-state index in [1.807, 2.05) is 0 Å². The molecule has 1 rings (SSSR count). The minimum Gasteiger partial charge on any atom is -0.492 e. The molecular formula is C11H9BrO2. The van der Waals surface area contributed by atoms with Gasteiger partial charge in [0.25, 0.3) is 0 Å². The predicted octanol–water partition coefficient (Wildman–Crippen LogP) is 2.66. The summed E-state index contributed by atoms with van der Waals surface area (Å²) in [4.78, 5) is 10.6. The van der Waals surface area contributed by atoms with E-state index in [1.165, 1.54) is 0 Å². The molecule has 0 heterocycles. The van der Waals surface area contributed by atoms with Crippen LogP contribution in [0, 0.1) is 12.3 Å². The highest BCUT2D eigenvalue weighted by molar-refractivity contribution is 9.10. The van der Waals surface area contributed by atoms with E-state index in [9.17, 15) is 4.79 Å². The molecule has 0 unspecified atom stereocenters. The molecule has 0 radical (unpaired) electrons. The van der Waals surface area contributed by atoms with Crippen molar-refractivity contribution in [3.63, 3.8) is 0 Å². The number of carbonyl (C=O) groups is 1. The molecule has 0 bridgehead atoms. The fourth-order valence-electron chi connectivity index (χ4n) is 0.950. The molecule has 0 aromatic heterocycles. The van der Waals surface area contributed by atoms with Crippen LogP contribution in [0.3, 0.4) is 0 Å². The molecule has 0 amide bonds. The van der Waals surface area contributed by atoms with Gasteiger partial charge in [-0.2, -0.15) is 0 Å². The third-order valence-electron chi connectivity index (χ3n) is 1.61. The van der Waals surface area contributed by atoms with Crippen LogP contribution in [0.4, 0.5) is 0 Å². The molecule has 0 spiro atoms. The maximum Gasteiger partial charge on any atom is 0.153 e. The zero-order valence-corrected chi connectivity index (χ0v) is 9.08. The number of hydrogen-bond donors (Lipinski definition) is 0. The average Bonchev–Trinajstić information content (AvgIpc) is 2.19. The quantitative estimate of drug-likeness (QED) is 0.468. The van der Waals surface area contributed by atoms with Crippen LogP contribution in [0.5, 0.6) is 5.75 Å². The van der Waals surface area contributed by atoms with E-state index in [1.54, 1.807) is 18.2 Å². The third-order valence-corrected chi connectivity index (χ3v) is 2.10. The second-order valence-electron chi connectivity index (χ2n) is 2.60. The molecule has 0 saturated carbocycles. The first-order valence-electron chi connectivity index (χ1n) is 4.09. The second-order valence-corrected chi connectivity index (χ2v) is 3.52. The van der Waals surface area contributed by atoms with E-state index in [-0.39, 0.29) is 0 Å². The largest absolute Gasteiger partial charge is 0.492 e. The standard InChI is InChI=1S/C11H9BrO2/c1-2-3-6-14-11-7-10(12)5-4-9(11)8-13/h1,4-5,7-8H,3,6H2. The molecule has 72 valence electrons. The van der Waals surface area contributed by atoms with Gasteiger partial charge in [0.15, 0.2) is 6.29 Å². The normalized spacial score (nSPS) is 9.14. The Morgan fingerprint density at radius 3 is 3.00 bits per heavy atom. The van der Waals surface area contributed by atoms with Crippen LogP contribution in [-0.4, -0.2) is 12.9 Å². The molecule has 0 aliphatic carbocycles. The first-order valence-corrected chi connectivity index (χ1v) is 4.88. The Balaban J connectivity index is 2.78. The maximum absolute atomic E-state index is 10.6. The number of rotatable bonds is 4. The van der Waals surface area contributed by atoms with Crippen LogP contribution in [-0.2, 0) is 0 Å². The second kappa shape index (κ2) is 5.46. The van der Waals surface area contributed by atoms with Crippen LogP contribution < -0.4 is 4.74 Å². The summed E-state index contributed by atoms with van der Waals surface area (Å²) in [5, 5.41) is 0. The summed E-state index contributed by atoms with van der Waals surface area (Å²) >= 11 is 3.30. The van der Waals surface area contributed by atoms with Gasteiger partial charge in [-0.25, -0.2) is 0 Å². The lowest BCUT2D eigenvalue weighted by Crippen LogP contribution is -1.98. The highest BCUT2D eigenvalue weighted by Crippen LogP contribution is 2.22. The number of carbonyl (C=O) groups excluding carboxylic acids is 1. The Morgan fingerprint density at radius 1 is 1.57 bits per heavy atom. The molecule has 1 aromatic rings. The molecule has 14 heavy (non-hydrogen) atoms. The van der Waals surface area contributed by atoms with Crippen LogP contribution in [0.25, 0.3) is 0 Å². The zero-order valence-electron chi connectivity index (χ0n) is 7.50. The average molecular weight is 253 g/mol. The Morgan fingerprint density at radius 2 is 2.36 bits per heavy atom. The maximum atomic E-state index is 10.6. The smallest absolute Gasteiger partial charge is 0.153 e. The molecule has 1 aromatic carbocycles. The fourth-order valence-corrected chi connectivity index (χ4v) is 1.29. The monoisotopic (exact) mass is 252 g/mol. The summed E-state index contributed by atoms with van der Waals surface area (Å²) in [5.74, 6) is 3.02. The van der Waals surface area contributed by atoms with Gasteiger partial charge in [-0.3, -0.25) is 4.79 Å². The zero-order chi connectivity index (χ0) is 10.4. The van der Waals surface area contributed by atoms with Crippen LogP contribution >= 0.6 is 15.9 Å². The number of terminal acetylenes is 1. The van der Waals surface area contributed by atoms with E-state index < -0.39 is 0 Å². The van der Waals surface area contributed by atoms with Gasteiger partial charge in [-0.15, -0.1) is 12.3 Å². The minimum absolute atomic E-state index is 0.424. The van der Waals surface area contributed by atoms with E-state index >= 15 is 0 Å². The molecule has 0 fully saturated rings. The van der Waals surface area contributed by atoms with Crippen molar-refractivity contribution in [2.45, 2.75) is 6.42 Å². The van der Waals surface area contributed by atoms with Crippen molar-refractivity contribution in [2.75, 3.05) is 6.61 Å². The van der Waals surface area contributed by atoms with E-state index in [0.29, 0.717) is 24.3 Å². The Bertz CT molecular complexity index is 366. The number of aldehydes is 1. The van der Waals surface area contributed by atoms with Crippen LogP contribution in [0.2, 0.25) is 0 Å². The summed E-state index contributed by atoms with van der Waals surface area (Å²) in [6.45, 7) is 0.424. The first kappa shape index (κ1) is 10.8. The number of halogens is 1.